The second-order valence-electron chi connectivity index (χ2n) is 2.10. The van der Waals surface area contributed by atoms with Crippen molar-refractivity contribution in [2.75, 3.05) is 0 Å². The Bertz CT molecular complexity index is 164. The van der Waals surface area contributed by atoms with E-state index in [0.29, 0.717) is 0 Å². The molecular weight excluding hydrogens is 134 g/mol. The lowest BCUT2D eigenvalue weighted by Crippen LogP contribution is -1.74. The molecule has 1 heteroatoms. The molecular formula is C10H19N. The number of rotatable bonds is 2. The standard InChI is InChI=1S/C8H11N.2CH4/c1-2-3-4-8-5-6-9-7-8;;/h2-3,6-7H,4-5H2,1H3;2*1H4. The molecule has 1 aliphatic heterocycles. The average Bonchev–Trinajstić information content (AvgIpc) is 2.34. The minimum absolute atomic E-state index is 0. The van der Waals surface area contributed by atoms with E-state index in [1.165, 1.54) is 5.57 Å². The molecule has 11 heavy (non-hydrogen) atoms. The maximum Gasteiger partial charge on any atom is 0.0262 e. The van der Waals surface area contributed by atoms with Gasteiger partial charge in [-0.1, -0.05) is 27.0 Å². The molecule has 0 aromatic heterocycles. The Morgan fingerprint density at radius 2 is 2.27 bits per heavy atom. The molecule has 0 aliphatic carbocycles. The van der Waals surface area contributed by atoms with Gasteiger partial charge >= 0.3 is 0 Å². The van der Waals surface area contributed by atoms with Crippen LogP contribution in [-0.4, -0.2) is 6.21 Å². The third-order valence-electron chi connectivity index (χ3n) is 1.33. The Labute approximate surface area is 70.5 Å². The minimum Gasteiger partial charge on any atom is -0.269 e. The SMILES string of the molecule is C.C.CC=CCC1=CN=CC1. The molecule has 0 aromatic carbocycles. The van der Waals surface area contributed by atoms with Gasteiger partial charge in [-0.05, 0) is 18.9 Å². The summed E-state index contributed by atoms with van der Waals surface area (Å²) < 4.78 is 0. The Morgan fingerprint density at radius 3 is 2.73 bits per heavy atom. The number of allylic oxidation sites excluding steroid dienone is 3. The topological polar surface area (TPSA) is 12.4 Å². The normalized spacial score (nSPS) is 14.1. The van der Waals surface area contributed by atoms with E-state index < -0.39 is 0 Å². The van der Waals surface area contributed by atoms with E-state index in [9.17, 15) is 0 Å². The van der Waals surface area contributed by atoms with Crippen molar-refractivity contribution in [1.29, 1.82) is 0 Å². The van der Waals surface area contributed by atoms with Crippen LogP contribution in [0.15, 0.2) is 28.9 Å². The lowest BCUT2D eigenvalue weighted by Gasteiger charge is -1.89. The highest BCUT2D eigenvalue weighted by Gasteiger charge is 1.95. The molecule has 0 aromatic rings. The lowest BCUT2D eigenvalue weighted by molar-refractivity contribution is 1.17. The van der Waals surface area contributed by atoms with E-state index in [1.807, 2.05) is 19.3 Å². The maximum atomic E-state index is 4.00. The molecule has 0 radical (unpaired) electrons. The van der Waals surface area contributed by atoms with Crippen LogP contribution in [0, 0.1) is 0 Å². The lowest BCUT2D eigenvalue weighted by atomic mass is 10.1. The zero-order valence-corrected chi connectivity index (χ0v) is 5.67. The molecule has 0 bridgehead atoms. The van der Waals surface area contributed by atoms with E-state index in [2.05, 4.69) is 17.1 Å². The molecule has 1 heterocycles. The van der Waals surface area contributed by atoms with E-state index >= 15 is 0 Å². The molecule has 64 valence electrons. The Hall–Kier alpha value is -0.850. The Morgan fingerprint density at radius 1 is 1.55 bits per heavy atom. The quantitative estimate of drug-likeness (QED) is 0.538. The molecule has 0 N–H and O–H groups in total. The van der Waals surface area contributed by atoms with Crippen molar-refractivity contribution in [3.63, 3.8) is 0 Å². The van der Waals surface area contributed by atoms with Crippen LogP contribution in [0.1, 0.15) is 34.6 Å². The first-order valence-corrected chi connectivity index (χ1v) is 3.24. The monoisotopic (exact) mass is 153 g/mol. The van der Waals surface area contributed by atoms with Crippen LogP contribution in [0.25, 0.3) is 0 Å². The summed E-state index contributed by atoms with van der Waals surface area (Å²) in [6.07, 6.45) is 10.2. The second-order valence-corrected chi connectivity index (χ2v) is 2.10. The van der Waals surface area contributed by atoms with Gasteiger partial charge in [0.05, 0.1) is 0 Å². The molecule has 0 saturated heterocycles. The van der Waals surface area contributed by atoms with Crippen molar-refractivity contribution in [1.82, 2.24) is 0 Å². The van der Waals surface area contributed by atoms with Gasteiger partial charge in [-0.2, -0.15) is 0 Å². The van der Waals surface area contributed by atoms with Crippen LogP contribution in [0.3, 0.4) is 0 Å². The molecule has 0 amide bonds. The number of hydrogen-bond donors (Lipinski definition) is 0. The van der Waals surface area contributed by atoms with Crippen molar-refractivity contribution in [2.24, 2.45) is 4.99 Å². The fourth-order valence-electron chi connectivity index (χ4n) is 0.786. The molecule has 1 rings (SSSR count). The summed E-state index contributed by atoms with van der Waals surface area (Å²) in [6, 6.07) is 0. The summed E-state index contributed by atoms with van der Waals surface area (Å²) in [5, 5.41) is 0. The first-order valence-electron chi connectivity index (χ1n) is 3.24. The van der Waals surface area contributed by atoms with Gasteiger partial charge in [0.15, 0.2) is 0 Å². The fourth-order valence-corrected chi connectivity index (χ4v) is 0.786. The second kappa shape index (κ2) is 7.26. The van der Waals surface area contributed by atoms with E-state index in [0.717, 1.165) is 12.8 Å². The summed E-state index contributed by atoms with van der Waals surface area (Å²) in [5.41, 5.74) is 1.41. The van der Waals surface area contributed by atoms with Crippen LogP contribution < -0.4 is 0 Å². The van der Waals surface area contributed by atoms with E-state index in [1.54, 1.807) is 0 Å². The summed E-state index contributed by atoms with van der Waals surface area (Å²) >= 11 is 0. The number of nitrogens with zero attached hydrogens (tertiary/aromatic N) is 1. The van der Waals surface area contributed by atoms with Gasteiger partial charge in [-0.3, -0.25) is 4.99 Å². The summed E-state index contributed by atoms with van der Waals surface area (Å²) in [5.74, 6) is 0. The van der Waals surface area contributed by atoms with Gasteiger partial charge in [0.1, 0.15) is 0 Å². The third-order valence-corrected chi connectivity index (χ3v) is 1.33. The van der Waals surface area contributed by atoms with Gasteiger partial charge in [-0.15, -0.1) is 0 Å². The van der Waals surface area contributed by atoms with Gasteiger partial charge in [-0.25, -0.2) is 0 Å². The summed E-state index contributed by atoms with van der Waals surface area (Å²) in [6.45, 7) is 2.04. The van der Waals surface area contributed by atoms with Crippen molar-refractivity contribution < 1.29 is 0 Å². The predicted molar refractivity (Wildman–Crippen MR) is 54.1 cm³/mol. The van der Waals surface area contributed by atoms with E-state index in [-0.39, 0.29) is 14.9 Å². The highest BCUT2D eigenvalue weighted by atomic mass is 14.7. The van der Waals surface area contributed by atoms with Gasteiger partial charge < -0.3 is 0 Å². The van der Waals surface area contributed by atoms with Crippen molar-refractivity contribution in [3.8, 4) is 0 Å². The molecule has 0 unspecified atom stereocenters. The first-order chi connectivity index (χ1) is 4.43. The summed E-state index contributed by atoms with van der Waals surface area (Å²) in [4.78, 5) is 4.00. The highest BCUT2D eigenvalue weighted by molar-refractivity contribution is 5.65. The largest absolute Gasteiger partial charge is 0.269 e. The molecule has 0 fully saturated rings. The van der Waals surface area contributed by atoms with Crippen molar-refractivity contribution in [3.05, 3.63) is 23.9 Å². The third kappa shape index (κ3) is 4.54. The van der Waals surface area contributed by atoms with Crippen molar-refractivity contribution >= 4 is 6.21 Å². The van der Waals surface area contributed by atoms with Crippen LogP contribution in [-0.2, 0) is 0 Å². The van der Waals surface area contributed by atoms with Gasteiger partial charge in [0.2, 0.25) is 0 Å². The van der Waals surface area contributed by atoms with E-state index in [4.69, 9.17) is 0 Å². The maximum absolute atomic E-state index is 4.00. The average molecular weight is 153 g/mol. The zero-order chi connectivity index (χ0) is 6.53. The van der Waals surface area contributed by atoms with Crippen LogP contribution in [0.5, 0.6) is 0 Å². The van der Waals surface area contributed by atoms with Crippen molar-refractivity contribution in [2.45, 2.75) is 34.6 Å². The van der Waals surface area contributed by atoms with Gasteiger partial charge in [0.25, 0.3) is 0 Å². The molecule has 0 atom stereocenters. The Kier molecular flexibility index (Phi) is 8.44. The summed E-state index contributed by atoms with van der Waals surface area (Å²) in [7, 11) is 0. The van der Waals surface area contributed by atoms with Crippen LogP contribution in [0.2, 0.25) is 0 Å². The molecule has 0 saturated carbocycles. The highest BCUT2D eigenvalue weighted by Crippen LogP contribution is 2.10. The minimum atomic E-state index is 0. The van der Waals surface area contributed by atoms with Crippen LogP contribution >= 0.6 is 0 Å². The Balaban J connectivity index is 0. The van der Waals surface area contributed by atoms with Crippen LogP contribution in [0.4, 0.5) is 0 Å². The fraction of sp³-hybridized carbons (Fsp3) is 0.500. The molecule has 0 spiro atoms. The predicted octanol–water partition coefficient (Wildman–Crippen LogP) is 3.58. The first kappa shape index (κ1) is 12.8. The molecule has 1 nitrogen and oxygen atoms in total. The molecule has 1 aliphatic rings. The number of hydrogen-bond acceptors (Lipinski definition) is 1. The smallest absolute Gasteiger partial charge is 0.0262 e. The number of aliphatic imine (C=N–C) groups is 1. The van der Waals surface area contributed by atoms with Gasteiger partial charge in [0, 0.05) is 18.8 Å². The zero-order valence-electron chi connectivity index (χ0n) is 5.67.